The highest BCUT2D eigenvalue weighted by atomic mass is 32.2. The van der Waals surface area contributed by atoms with Crippen LogP contribution >= 0.6 is 11.8 Å². The molecule has 0 bridgehead atoms. The quantitative estimate of drug-likeness (QED) is 0.710. The number of carbonyl (C=O) groups excluding carboxylic acids is 2. The highest BCUT2D eigenvalue weighted by Crippen LogP contribution is 2.41. The Morgan fingerprint density at radius 3 is 2.88 bits per heavy atom. The zero-order valence-electron chi connectivity index (χ0n) is 14.6. The number of thioether (sulfide) groups is 1. The van der Waals surface area contributed by atoms with Crippen LogP contribution in [-0.2, 0) is 16.6 Å². The SMILES string of the molecule is Cn1nnnc1SCC(=O)N1CC[C@]2(CCCN(CC3CC3)C2=O)C1. The molecule has 3 fully saturated rings. The van der Waals surface area contributed by atoms with E-state index in [-0.39, 0.29) is 17.2 Å². The van der Waals surface area contributed by atoms with Gasteiger partial charge >= 0.3 is 0 Å². The van der Waals surface area contributed by atoms with Gasteiger partial charge in [0.25, 0.3) is 0 Å². The lowest BCUT2D eigenvalue weighted by Gasteiger charge is -2.39. The molecule has 1 spiro atoms. The summed E-state index contributed by atoms with van der Waals surface area (Å²) in [6.45, 7) is 3.06. The Bertz CT molecular complexity index is 675. The third-order valence-corrected chi connectivity index (χ3v) is 6.61. The smallest absolute Gasteiger partial charge is 0.233 e. The van der Waals surface area contributed by atoms with Crippen LogP contribution in [0.5, 0.6) is 0 Å². The number of likely N-dealkylation sites (tertiary alicyclic amines) is 2. The van der Waals surface area contributed by atoms with Crippen molar-refractivity contribution in [3.8, 4) is 0 Å². The van der Waals surface area contributed by atoms with Gasteiger partial charge < -0.3 is 9.80 Å². The average Bonchev–Trinajstić information content (AvgIpc) is 3.16. The Morgan fingerprint density at radius 1 is 1.32 bits per heavy atom. The molecule has 1 aromatic rings. The summed E-state index contributed by atoms with van der Waals surface area (Å²) in [6.07, 6.45) is 5.29. The molecular weight excluding hydrogens is 340 g/mol. The van der Waals surface area contributed by atoms with Gasteiger partial charge in [-0.2, -0.15) is 0 Å². The highest BCUT2D eigenvalue weighted by molar-refractivity contribution is 7.99. The van der Waals surface area contributed by atoms with E-state index in [1.165, 1.54) is 24.6 Å². The summed E-state index contributed by atoms with van der Waals surface area (Å²) >= 11 is 1.34. The monoisotopic (exact) mass is 364 g/mol. The molecule has 25 heavy (non-hydrogen) atoms. The Morgan fingerprint density at radius 2 is 2.16 bits per heavy atom. The second kappa shape index (κ2) is 6.59. The van der Waals surface area contributed by atoms with Crippen molar-refractivity contribution in [2.24, 2.45) is 18.4 Å². The fourth-order valence-corrected chi connectivity index (χ4v) is 4.72. The number of tetrazole rings is 1. The summed E-state index contributed by atoms with van der Waals surface area (Å²) < 4.78 is 1.56. The van der Waals surface area contributed by atoms with E-state index in [9.17, 15) is 9.59 Å². The van der Waals surface area contributed by atoms with Crippen LogP contribution in [0, 0.1) is 11.3 Å². The van der Waals surface area contributed by atoms with Crippen molar-refractivity contribution in [1.29, 1.82) is 0 Å². The van der Waals surface area contributed by atoms with Gasteiger partial charge in [-0.25, -0.2) is 4.68 Å². The number of rotatable bonds is 5. The van der Waals surface area contributed by atoms with Crippen LogP contribution in [0.25, 0.3) is 0 Å². The third kappa shape index (κ3) is 3.38. The van der Waals surface area contributed by atoms with Crippen molar-refractivity contribution in [2.75, 3.05) is 31.9 Å². The second-order valence-electron chi connectivity index (χ2n) is 7.52. The molecule has 3 aliphatic rings. The second-order valence-corrected chi connectivity index (χ2v) is 8.46. The van der Waals surface area contributed by atoms with E-state index >= 15 is 0 Å². The van der Waals surface area contributed by atoms with Crippen LogP contribution in [0.15, 0.2) is 5.16 Å². The molecule has 2 saturated heterocycles. The van der Waals surface area contributed by atoms with Gasteiger partial charge in [0.15, 0.2) is 0 Å². The van der Waals surface area contributed by atoms with Crippen LogP contribution in [0.3, 0.4) is 0 Å². The van der Waals surface area contributed by atoms with E-state index < -0.39 is 0 Å². The van der Waals surface area contributed by atoms with Gasteiger partial charge in [0.1, 0.15) is 0 Å². The average molecular weight is 364 g/mol. The lowest BCUT2D eigenvalue weighted by molar-refractivity contribution is -0.146. The zero-order chi connectivity index (χ0) is 17.4. The number of piperidine rings is 1. The summed E-state index contributed by atoms with van der Waals surface area (Å²) in [4.78, 5) is 29.5. The fourth-order valence-electron chi connectivity index (χ4n) is 3.96. The topological polar surface area (TPSA) is 84.2 Å². The lowest BCUT2D eigenvalue weighted by Crippen LogP contribution is -2.51. The Hall–Kier alpha value is -1.64. The largest absolute Gasteiger partial charge is 0.342 e. The van der Waals surface area contributed by atoms with Crippen LogP contribution in [0.1, 0.15) is 32.1 Å². The molecule has 2 amide bonds. The van der Waals surface area contributed by atoms with Crippen molar-refractivity contribution in [1.82, 2.24) is 30.0 Å². The minimum atomic E-state index is -0.334. The Labute approximate surface area is 151 Å². The predicted molar refractivity (Wildman–Crippen MR) is 91.7 cm³/mol. The summed E-state index contributed by atoms with van der Waals surface area (Å²) in [7, 11) is 1.76. The fraction of sp³-hybridized carbons (Fsp3) is 0.812. The maximum atomic E-state index is 13.0. The molecule has 8 nitrogen and oxygen atoms in total. The number of nitrogens with zero attached hydrogens (tertiary/aromatic N) is 6. The number of aromatic nitrogens is 4. The molecule has 1 atom stereocenters. The molecule has 2 aliphatic heterocycles. The van der Waals surface area contributed by atoms with Gasteiger partial charge in [-0.3, -0.25) is 9.59 Å². The maximum absolute atomic E-state index is 13.0. The van der Waals surface area contributed by atoms with E-state index in [4.69, 9.17) is 0 Å². The van der Waals surface area contributed by atoms with Crippen molar-refractivity contribution >= 4 is 23.6 Å². The summed E-state index contributed by atoms with van der Waals surface area (Å²) in [5.74, 6) is 1.38. The predicted octanol–water partition coefficient (Wildman–Crippen LogP) is 0.553. The highest BCUT2D eigenvalue weighted by Gasteiger charge is 2.49. The van der Waals surface area contributed by atoms with Gasteiger partial charge in [-0.05, 0) is 48.4 Å². The van der Waals surface area contributed by atoms with Crippen LogP contribution < -0.4 is 0 Å². The minimum Gasteiger partial charge on any atom is -0.342 e. The van der Waals surface area contributed by atoms with E-state index in [1.54, 1.807) is 11.7 Å². The van der Waals surface area contributed by atoms with Crippen LogP contribution in [0.2, 0.25) is 0 Å². The number of amides is 2. The molecule has 3 heterocycles. The zero-order valence-corrected chi connectivity index (χ0v) is 15.4. The summed E-state index contributed by atoms with van der Waals surface area (Å²) in [5, 5.41) is 11.9. The first-order valence-corrected chi connectivity index (χ1v) is 9.98. The maximum Gasteiger partial charge on any atom is 0.233 e. The van der Waals surface area contributed by atoms with Gasteiger partial charge in [0, 0.05) is 33.2 Å². The number of hydrogen-bond donors (Lipinski definition) is 0. The summed E-state index contributed by atoms with van der Waals surface area (Å²) in [6, 6.07) is 0. The van der Waals surface area contributed by atoms with Crippen molar-refractivity contribution < 1.29 is 9.59 Å². The molecule has 0 N–H and O–H groups in total. The number of carbonyl (C=O) groups is 2. The molecule has 4 rings (SSSR count). The normalized spacial score (nSPS) is 26.7. The molecule has 1 aromatic heterocycles. The van der Waals surface area contributed by atoms with E-state index in [0.29, 0.717) is 24.0 Å². The molecular formula is C16H24N6O2S. The molecule has 136 valence electrons. The van der Waals surface area contributed by atoms with Crippen LogP contribution in [-0.4, -0.2) is 73.8 Å². The van der Waals surface area contributed by atoms with Gasteiger partial charge in [-0.1, -0.05) is 11.8 Å². The van der Waals surface area contributed by atoms with E-state index in [2.05, 4.69) is 20.4 Å². The van der Waals surface area contributed by atoms with E-state index in [0.717, 1.165) is 38.3 Å². The summed E-state index contributed by atoms with van der Waals surface area (Å²) in [5.41, 5.74) is -0.334. The molecule has 0 radical (unpaired) electrons. The lowest BCUT2D eigenvalue weighted by atomic mass is 9.78. The Kier molecular flexibility index (Phi) is 4.43. The first-order valence-electron chi connectivity index (χ1n) is 9.00. The van der Waals surface area contributed by atoms with Gasteiger partial charge in [0.2, 0.25) is 17.0 Å². The first-order chi connectivity index (χ1) is 12.1. The molecule has 1 saturated carbocycles. The first kappa shape index (κ1) is 16.8. The van der Waals surface area contributed by atoms with Crippen molar-refractivity contribution in [2.45, 2.75) is 37.3 Å². The van der Waals surface area contributed by atoms with Crippen molar-refractivity contribution in [3.63, 3.8) is 0 Å². The Balaban J connectivity index is 1.35. The third-order valence-electron chi connectivity index (χ3n) is 5.61. The molecule has 0 aromatic carbocycles. The number of hydrogen-bond acceptors (Lipinski definition) is 6. The van der Waals surface area contributed by atoms with Crippen LogP contribution in [0.4, 0.5) is 0 Å². The minimum absolute atomic E-state index is 0.0667. The number of aryl methyl sites for hydroxylation is 1. The van der Waals surface area contributed by atoms with Gasteiger partial charge in [0.05, 0.1) is 11.2 Å². The molecule has 0 unspecified atom stereocenters. The standard InChI is InChI=1S/C16H24N6O2S/c1-20-15(17-18-19-20)25-10-13(23)22-8-6-16(11-22)5-2-7-21(14(16)24)9-12-3-4-12/h12H,2-11H2,1H3/t16-/m1/s1. The van der Waals surface area contributed by atoms with Crippen molar-refractivity contribution in [3.05, 3.63) is 0 Å². The molecule has 1 aliphatic carbocycles. The van der Waals surface area contributed by atoms with E-state index in [1.807, 2.05) is 4.90 Å². The van der Waals surface area contributed by atoms with Gasteiger partial charge in [-0.15, -0.1) is 5.10 Å². The molecule has 9 heteroatoms.